The molecule has 0 amide bonds. The zero-order valence-corrected chi connectivity index (χ0v) is 13.7. The molecule has 6 nitrogen and oxygen atoms in total. The summed E-state index contributed by atoms with van der Waals surface area (Å²) in [6.07, 6.45) is 4.99. The van der Waals surface area contributed by atoms with E-state index < -0.39 is 5.97 Å². The predicted octanol–water partition coefficient (Wildman–Crippen LogP) is 2.12. The Morgan fingerprint density at radius 1 is 1.35 bits per heavy atom. The monoisotopic (exact) mass is 319 g/mol. The number of aliphatic carboxylic acids is 1. The number of nitrogens with zero attached hydrogens (tertiary/aromatic N) is 3. The second kappa shape index (κ2) is 7.36. The zero-order chi connectivity index (χ0) is 16.2. The molecule has 2 saturated heterocycles. The topological polar surface area (TPSA) is 75.5 Å². The molecule has 3 rings (SSSR count). The molecule has 1 aromatic heterocycles. The van der Waals surface area contributed by atoms with Gasteiger partial charge in [0.25, 0.3) is 0 Å². The molecule has 1 atom stereocenters. The molecule has 1 unspecified atom stereocenters. The van der Waals surface area contributed by atoms with Crippen LogP contribution in [0.1, 0.15) is 55.4 Å². The molecular formula is C17H25N3O3. The third-order valence-electron chi connectivity index (χ3n) is 4.77. The lowest BCUT2D eigenvalue weighted by molar-refractivity contribution is -0.136. The van der Waals surface area contributed by atoms with Gasteiger partial charge in [-0.15, -0.1) is 0 Å². The van der Waals surface area contributed by atoms with Gasteiger partial charge in [-0.1, -0.05) is 0 Å². The third-order valence-corrected chi connectivity index (χ3v) is 4.77. The van der Waals surface area contributed by atoms with Crippen molar-refractivity contribution in [1.29, 1.82) is 0 Å². The SMILES string of the molecule is Cc1cc(CCC(=O)O)nc(C2CCCN2C2CCOCC2)n1. The predicted molar refractivity (Wildman–Crippen MR) is 85.2 cm³/mol. The van der Waals surface area contributed by atoms with Crippen LogP contribution in [0.3, 0.4) is 0 Å². The van der Waals surface area contributed by atoms with Gasteiger partial charge < -0.3 is 9.84 Å². The van der Waals surface area contributed by atoms with E-state index in [1.807, 2.05) is 13.0 Å². The number of aromatic nitrogens is 2. The molecule has 1 aromatic rings. The highest BCUT2D eigenvalue weighted by Crippen LogP contribution is 2.34. The molecule has 1 N–H and O–H groups in total. The molecule has 23 heavy (non-hydrogen) atoms. The number of carboxylic acids is 1. The Bertz CT molecular complexity index is 558. The summed E-state index contributed by atoms with van der Waals surface area (Å²) in [5.74, 6) is 0.0851. The number of hydrogen-bond acceptors (Lipinski definition) is 5. The van der Waals surface area contributed by atoms with E-state index in [4.69, 9.17) is 9.84 Å². The first kappa shape index (κ1) is 16.3. The Labute approximate surface area is 136 Å². The van der Waals surface area contributed by atoms with E-state index in [0.717, 1.165) is 56.2 Å². The molecule has 0 aliphatic carbocycles. The Balaban J connectivity index is 1.77. The normalized spacial score (nSPS) is 23.3. The van der Waals surface area contributed by atoms with Gasteiger partial charge in [0, 0.05) is 37.1 Å². The molecule has 2 aliphatic heterocycles. The fourth-order valence-electron chi connectivity index (χ4n) is 3.69. The molecule has 126 valence electrons. The molecule has 2 fully saturated rings. The number of hydrogen-bond donors (Lipinski definition) is 1. The van der Waals surface area contributed by atoms with Crippen LogP contribution in [0.25, 0.3) is 0 Å². The number of rotatable bonds is 5. The van der Waals surface area contributed by atoms with Crippen molar-refractivity contribution in [3.63, 3.8) is 0 Å². The number of ether oxygens (including phenoxy) is 1. The molecule has 0 aromatic carbocycles. The van der Waals surface area contributed by atoms with E-state index in [-0.39, 0.29) is 12.5 Å². The van der Waals surface area contributed by atoms with Crippen LogP contribution in [0, 0.1) is 6.92 Å². The van der Waals surface area contributed by atoms with Gasteiger partial charge >= 0.3 is 5.97 Å². The minimum atomic E-state index is -0.785. The lowest BCUT2D eigenvalue weighted by atomic mass is 10.1. The minimum Gasteiger partial charge on any atom is -0.481 e. The van der Waals surface area contributed by atoms with Crippen molar-refractivity contribution in [2.75, 3.05) is 19.8 Å². The number of aryl methyl sites for hydroxylation is 2. The van der Waals surface area contributed by atoms with E-state index in [2.05, 4.69) is 14.9 Å². The number of carboxylic acid groups (broad SMARTS) is 1. The van der Waals surface area contributed by atoms with Crippen LogP contribution in [0.15, 0.2) is 6.07 Å². The Kier molecular flexibility index (Phi) is 5.23. The van der Waals surface area contributed by atoms with E-state index in [0.29, 0.717) is 12.5 Å². The molecule has 2 aliphatic rings. The largest absolute Gasteiger partial charge is 0.481 e. The van der Waals surface area contributed by atoms with E-state index in [9.17, 15) is 4.79 Å². The van der Waals surface area contributed by atoms with E-state index in [1.54, 1.807) is 0 Å². The van der Waals surface area contributed by atoms with Crippen molar-refractivity contribution >= 4 is 5.97 Å². The Hall–Kier alpha value is -1.53. The van der Waals surface area contributed by atoms with E-state index in [1.165, 1.54) is 6.42 Å². The van der Waals surface area contributed by atoms with Crippen molar-refractivity contribution in [3.8, 4) is 0 Å². The van der Waals surface area contributed by atoms with Crippen LogP contribution in [0.5, 0.6) is 0 Å². The van der Waals surface area contributed by atoms with Crippen LogP contribution in [0.2, 0.25) is 0 Å². The van der Waals surface area contributed by atoms with Gasteiger partial charge in [-0.3, -0.25) is 9.69 Å². The lowest BCUT2D eigenvalue weighted by Gasteiger charge is -2.34. The summed E-state index contributed by atoms with van der Waals surface area (Å²) in [5, 5.41) is 8.87. The summed E-state index contributed by atoms with van der Waals surface area (Å²) in [7, 11) is 0. The van der Waals surface area contributed by atoms with Gasteiger partial charge in [0.05, 0.1) is 12.5 Å². The molecule has 0 radical (unpaired) electrons. The Morgan fingerprint density at radius 3 is 2.87 bits per heavy atom. The summed E-state index contributed by atoms with van der Waals surface area (Å²) >= 11 is 0. The van der Waals surface area contributed by atoms with Crippen LogP contribution >= 0.6 is 0 Å². The summed E-state index contributed by atoms with van der Waals surface area (Å²) < 4.78 is 5.48. The first-order chi connectivity index (χ1) is 11.1. The molecular weight excluding hydrogens is 294 g/mol. The Morgan fingerprint density at radius 2 is 2.13 bits per heavy atom. The maximum absolute atomic E-state index is 10.8. The molecule has 6 heteroatoms. The van der Waals surface area contributed by atoms with Crippen molar-refractivity contribution in [1.82, 2.24) is 14.9 Å². The number of carbonyl (C=O) groups is 1. The molecule has 0 bridgehead atoms. The summed E-state index contributed by atoms with van der Waals surface area (Å²) in [5.41, 5.74) is 1.77. The smallest absolute Gasteiger partial charge is 0.303 e. The third kappa shape index (κ3) is 4.06. The van der Waals surface area contributed by atoms with Gasteiger partial charge in [-0.2, -0.15) is 0 Å². The van der Waals surface area contributed by atoms with Crippen molar-refractivity contribution < 1.29 is 14.6 Å². The maximum Gasteiger partial charge on any atom is 0.303 e. The summed E-state index contributed by atoms with van der Waals surface area (Å²) in [4.78, 5) is 22.7. The highest BCUT2D eigenvalue weighted by atomic mass is 16.5. The van der Waals surface area contributed by atoms with Crippen LogP contribution < -0.4 is 0 Å². The highest BCUT2D eigenvalue weighted by Gasteiger charge is 2.34. The first-order valence-electron chi connectivity index (χ1n) is 8.53. The van der Waals surface area contributed by atoms with Crippen LogP contribution in [0.4, 0.5) is 0 Å². The van der Waals surface area contributed by atoms with Gasteiger partial charge in [-0.25, -0.2) is 9.97 Å². The van der Waals surface area contributed by atoms with Crippen LogP contribution in [-0.4, -0.2) is 51.7 Å². The fourth-order valence-corrected chi connectivity index (χ4v) is 3.69. The molecule has 3 heterocycles. The standard InChI is InChI=1S/C17H25N3O3/c1-12-11-13(4-5-16(21)22)19-17(18-12)15-3-2-8-20(15)14-6-9-23-10-7-14/h11,14-15H,2-10H2,1H3,(H,21,22). The summed E-state index contributed by atoms with van der Waals surface area (Å²) in [6, 6.07) is 2.73. The van der Waals surface area contributed by atoms with Gasteiger partial charge in [0.15, 0.2) is 0 Å². The average Bonchev–Trinajstić information content (AvgIpc) is 3.03. The lowest BCUT2D eigenvalue weighted by Crippen LogP contribution is -2.39. The first-order valence-corrected chi connectivity index (χ1v) is 8.53. The van der Waals surface area contributed by atoms with Crippen molar-refractivity contribution in [2.24, 2.45) is 0 Å². The maximum atomic E-state index is 10.8. The number of likely N-dealkylation sites (tertiary alicyclic amines) is 1. The second-order valence-corrected chi connectivity index (χ2v) is 6.49. The van der Waals surface area contributed by atoms with Crippen molar-refractivity contribution in [3.05, 3.63) is 23.3 Å². The average molecular weight is 319 g/mol. The van der Waals surface area contributed by atoms with E-state index >= 15 is 0 Å². The van der Waals surface area contributed by atoms with Crippen molar-refractivity contribution in [2.45, 2.75) is 57.5 Å². The second-order valence-electron chi connectivity index (χ2n) is 6.49. The molecule has 0 saturated carbocycles. The fraction of sp³-hybridized carbons (Fsp3) is 0.706. The van der Waals surface area contributed by atoms with Crippen LogP contribution in [-0.2, 0) is 16.0 Å². The quantitative estimate of drug-likeness (QED) is 0.896. The van der Waals surface area contributed by atoms with Gasteiger partial charge in [0.2, 0.25) is 0 Å². The minimum absolute atomic E-state index is 0.115. The highest BCUT2D eigenvalue weighted by molar-refractivity contribution is 5.66. The summed E-state index contributed by atoms with van der Waals surface area (Å²) in [6.45, 7) is 4.74. The van der Waals surface area contributed by atoms with Gasteiger partial charge in [0.1, 0.15) is 5.82 Å². The zero-order valence-electron chi connectivity index (χ0n) is 13.7. The molecule has 0 spiro atoms. The van der Waals surface area contributed by atoms with Gasteiger partial charge in [-0.05, 0) is 45.2 Å².